The minimum atomic E-state index is 0.650. The molecule has 2 aliphatic rings. The second kappa shape index (κ2) is 5.54. The molecular weight excluding hydrogens is 234 g/mol. The smallest absolute Gasteiger partial charge is 0.118 e. The van der Waals surface area contributed by atoms with Crippen molar-refractivity contribution >= 4 is 0 Å². The van der Waals surface area contributed by atoms with Gasteiger partial charge < -0.3 is 10.1 Å². The van der Waals surface area contributed by atoms with E-state index in [0.717, 1.165) is 30.0 Å². The molecule has 1 aromatic rings. The molecule has 2 aliphatic carbocycles. The van der Waals surface area contributed by atoms with Gasteiger partial charge >= 0.3 is 0 Å². The van der Waals surface area contributed by atoms with Gasteiger partial charge in [-0.3, -0.25) is 0 Å². The Bertz CT molecular complexity index is 414. The lowest BCUT2D eigenvalue weighted by atomic mass is 9.84. The van der Waals surface area contributed by atoms with Crippen LogP contribution in [0.5, 0.6) is 5.75 Å². The predicted octanol–water partition coefficient (Wildman–Crippen LogP) is 3.61. The Kier molecular flexibility index (Phi) is 3.79. The summed E-state index contributed by atoms with van der Waals surface area (Å²) in [4.78, 5) is 0. The molecule has 2 saturated carbocycles. The molecule has 0 amide bonds. The van der Waals surface area contributed by atoms with Crippen molar-refractivity contribution in [3.63, 3.8) is 0 Å². The molecule has 3 rings (SSSR count). The maximum atomic E-state index is 5.19. The average molecular weight is 259 g/mol. The fraction of sp³-hybridized carbons (Fsp3) is 0.647. The third-order valence-corrected chi connectivity index (χ3v) is 5.22. The van der Waals surface area contributed by atoms with Crippen molar-refractivity contribution in [2.45, 2.75) is 45.2 Å². The summed E-state index contributed by atoms with van der Waals surface area (Å²) >= 11 is 0. The van der Waals surface area contributed by atoms with Crippen molar-refractivity contribution < 1.29 is 4.74 Å². The molecule has 2 nitrogen and oxygen atoms in total. The highest BCUT2D eigenvalue weighted by Crippen LogP contribution is 2.49. The van der Waals surface area contributed by atoms with Crippen molar-refractivity contribution in [3.8, 4) is 5.75 Å². The molecule has 0 radical (unpaired) electrons. The molecule has 1 N–H and O–H groups in total. The molecule has 0 heterocycles. The van der Waals surface area contributed by atoms with Gasteiger partial charge in [-0.1, -0.05) is 18.6 Å². The minimum absolute atomic E-state index is 0.650. The maximum Gasteiger partial charge on any atom is 0.118 e. The second-order valence-corrected chi connectivity index (χ2v) is 6.36. The second-order valence-electron chi connectivity index (χ2n) is 6.36. The van der Waals surface area contributed by atoms with Crippen molar-refractivity contribution in [2.75, 3.05) is 7.11 Å². The van der Waals surface area contributed by atoms with E-state index >= 15 is 0 Å². The number of fused-ring (bicyclic) bond motifs is 2. The van der Waals surface area contributed by atoms with Crippen LogP contribution in [0.4, 0.5) is 0 Å². The fourth-order valence-electron chi connectivity index (χ4n) is 4.08. The van der Waals surface area contributed by atoms with Gasteiger partial charge in [0.05, 0.1) is 7.11 Å². The van der Waals surface area contributed by atoms with Crippen LogP contribution < -0.4 is 10.1 Å². The van der Waals surface area contributed by atoms with Crippen molar-refractivity contribution in [2.24, 2.45) is 17.8 Å². The number of nitrogens with one attached hydrogen (secondary N) is 1. The Morgan fingerprint density at radius 3 is 2.58 bits per heavy atom. The molecule has 1 aromatic carbocycles. The van der Waals surface area contributed by atoms with E-state index in [2.05, 4.69) is 24.4 Å². The molecule has 4 atom stereocenters. The summed E-state index contributed by atoms with van der Waals surface area (Å²) in [6, 6.07) is 9.04. The van der Waals surface area contributed by atoms with Gasteiger partial charge in [-0.05, 0) is 61.6 Å². The van der Waals surface area contributed by atoms with Crippen LogP contribution in [0.2, 0.25) is 0 Å². The summed E-state index contributed by atoms with van der Waals surface area (Å²) in [5.74, 6) is 3.89. The highest BCUT2D eigenvalue weighted by atomic mass is 16.5. The lowest BCUT2D eigenvalue weighted by Crippen LogP contribution is -2.35. The van der Waals surface area contributed by atoms with Gasteiger partial charge in [-0.15, -0.1) is 0 Å². The molecule has 2 heteroatoms. The normalized spacial score (nSPS) is 30.5. The fourth-order valence-corrected chi connectivity index (χ4v) is 4.08. The van der Waals surface area contributed by atoms with Gasteiger partial charge in [0.1, 0.15) is 5.75 Å². The quantitative estimate of drug-likeness (QED) is 0.872. The summed E-state index contributed by atoms with van der Waals surface area (Å²) in [5.41, 5.74) is 1.34. The van der Waals surface area contributed by atoms with Crippen LogP contribution in [0.25, 0.3) is 0 Å². The molecule has 0 spiro atoms. The number of rotatable bonds is 5. The van der Waals surface area contributed by atoms with Crippen LogP contribution in [-0.2, 0) is 6.54 Å². The van der Waals surface area contributed by atoms with Crippen molar-refractivity contribution in [3.05, 3.63) is 29.8 Å². The Labute approximate surface area is 116 Å². The lowest BCUT2D eigenvalue weighted by Gasteiger charge is -2.28. The van der Waals surface area contributed by atoms with Gasteiger partial charge in [0.15, 0.2) is 0 Å². The van der Waals surface area contributed by atoms with Crippen LogP contribution in [0.15, 0.2) is 24.3 Å². The Morgan fingerprint density at radius 2 is 2.00 bits per heavy atom. The van der Waals surface area contributed by atoms with Crippen molar-refractivity contribution in [1.82, 2.24) is 5.32 Å². The Balaban J connectivity index is 1.51. The number of hydrogen-bond acceptors (Lipinski definition) is 2. The summed E-state index contributed by atoms with van der Waals surface area (Å²) in [6.45, 7) is 3.34. The van der Waals surface area contributed by atoms with Crippen LogP contribution >= 0.6 is 0 Å². The predicted molar refractivity (Wildman–Crippen MR) is 78.2 cm³/mol. The van der Waals surface area contributed by atoms with Gasteiger partial charge in [0.25, 0.3) is 0 Å². The molecule has 2 fully saturated rings. The van der Waals surface area contributed by atoms with Crippen LogP contribution in [0, 0.1) is 17.8 Å². The topological polar surface area (TPSA) is 21.3 Å². The first-order valence-corrected chi connectivity index (χ1v) is 7.62. The third-order valence-electron chi connectivity index (χ3n) is 5.22. The summed E-state index contributed by atoms with van der Waals surface area (Å²) < 4.78 is 5.19. The molecule has 19 heavy (non-hydrogen) atoms. The Hall–Kier alpha value is -1.02. The third kappa shape index (κ3) is 2.79. The van der Waals surface area contributed by atoms with E-state index in [1.165, 1.54) is 31.2 Å². The van der Waals surface area contributed by atoms with E-state index in [-0.39, 0.29) is 0 Å². The summed E-state index contributed by atoms with van der Waals surface area (Å²) in [7, 11) is 1.71. The Morgan fingerprint density at radius 1 is 1.21 bits per heavy atom. The van der Waals surface area contributed by atoms with E-state index in [9.17, 15) is 0 Å². The minimum Gasteiger partial charge on any atom is -0.497 e. The molecule has 2 bridgehead atoms. The zero-order valence-electron chi connectivity index (χ0n) is 12.1. The van der Waals surface area contributed by atoms with E-state index in [4.69, 9.17) is 4.74 Å². The lowest BCUT2D eigenvalue weighted by molar-refractivity contribution is 0.259. The molecule has 104 valence electrons. The number of methoxy groups -OCH3 is 1. The summed E-state index contributed by atoms with van der Waals surface area (Å²) in [6.07, 6.45) is 5.93. The number of ether oxygens (including phenoxy) is 1. The number of benzene rings is 1. The van der Waals surface area contributed by atoms with E-state index in [1.807, 2.05) is 12.1 Å². The van der Waals surface area contributed by atoms with Gasteiger partial charge in [0.2, 0.25) is 0 Å². The van der Waals surface area contributed by atoms with E-state index in [1.54, 1.807) is 7.11 Å². The standard InChI is InChI=1S/C17H25NO/c1-12(17-10-14-3-6-15(17)9-14)18-11-13-4-7-16(19-2)8-5-13/h4-5,7-8,12,14-15,17-18H,3,6,9-11H2,1-2H3/t12-,14+,15+,17-/m1/s1. The highest BCUT2D eigenvalue weighted by Gasteiger charge is 2.41. The van der Waals surface area contributed by atoms with Crippen LogP contribution in [0.1, 0.15) is 38.2 Å². The summed E-state index contributed by atoms with van der Waals surface area (Å²) in [5, 5.41) is 3.72. The zero-order valence-corrected chi connectivity index (χ0v) is 12.1. The zero-order chi connectivity index (χ0) is 13.2. The molecule has 0 saturated heterocycles. The van der Waals surface area contributed by atoms with Crippen LogP contribution in [0.3, 0.4) is 0 Å². The molecule has 0 aromatic heterocycles. The van der Waals surface area contributed by atoms with Gasteiger partial charge in [-0.25, -0.2) is 0 Å². The van der Waals surface area contributed by atoms with Gasteiger partial charge in [0, 0.05) is 12.6 Å². The largest absolute Gasteiger partial charge is 0.497 e. The SMILES string of the molecule is COc1ccc(CN[C@H](C)[C@H]2C[C@H]3CC[C@H]2C3)cc1. The average Bonchev–Trinajstić information content (AvgIpc) is 3.08. The number of hydrogen-bond donors (Lipinski definition) is 1. The molecular formula is C17H25NO. The monoisotopic (exact) mass is 259 g/mol. The highest BCUT2D eigenvalue weighted by molar-refractivity contribution is 5.27. The van der Waals surface area contributed by atoms with Gasteiger partial charge in [-0.2, -0.15) is 0 Å². The first-order chi connectivity index (χ1) is 9.26. The van der Waals surface area contributed by atoms with Crippen LogP contribution in [-0.4, -0.2) is 13.2 Å². The van der Waals surface area contributed by atoms with E-state index in [0.29, 0.717) is 6.04 Å². The van der Waals surface area contributed by atoms with Crippen molar-refractivity contribution in [1.29, 1.82) is 0 Å². The first-order valence-electron chi connectivity index (χ1n) is 7.62. The molecule has 0 aliphatic heterocycles. The maximum absolute atomic E-state index is 5.19. The first kappa shape index (κ1) is 13.0. The molecule has 0 unspecified atom stereocenters. The van der Waals surface area contributed by atoms with E-state index < -0.39 is 0 Å².